The van der Waals surface area contributed by atoms with E-state index in [9.17, 15) is 9.90 Å². The van der Waals surface area contributed by atoms with Gasteiger partial charge >= 0.3 is 5.97 Å². The number of ether oxygens (including phenoxy) is 2. The maximum atomic E-state index is 12.0. The van der Waals surface area contributed by atoms with E-state index in [2.05, 4.69) is 0 Å². The van der Waals surface area contributed by atoms with E-state index in [0.29, 0.717) is 5.75 Å². The van der Waals surface area contributed by atoms with Crippen molar-refractivity contribution in [2.75, 3.05) is 13.7 Å². The van der Waals surface area contributed by atoms with Gasteiger partial charge in [0.05, 0.1) is 7.11 Å². The molecule has 0 radical (unpaired) electrons. The van der Waals surface area contributed by atoms with Crippen molar-refractivity contribution in [1.82, 2.24) is 0 Å². The Bertz CT molecular complexity index is 622. The fraction of sp³-hybridized carbons (Fsp3) is 0.235. The van der Waals surface area contributed by atoms with Crippen LogP contribution in [0.3, 0.4) is 0 Å². The summed E-state index contributed by atoms with van der Waals surface area (Å²) < 4.78 is 10.4. The number of aromatic hydroxyl groups is 1. The number of carbonyl (C=O) groups excluding carboxylic acids is 1. The van der Waals surface area contributed by atoms with Gasteiger partial charge in [0.2, 0.25) is 0 Å². The maximum absolute atomic E-state index is 12.0. The Morgan fingerprint density at radius 1 is 1.14 bits per heavy atom. The molecule has 1 unspecified atom stereocenters. The summed E-state index contributed by atoms with van der Waals surface area (Å²) in [4.78, 5) is 12.0. The summed E-state index contributed by atoms with van der Waals surface area (Å²) >= 11 is 0. The fourth-order valence-corrected chi connectivity index (χ4v) is 2.16. The van der Waals surface area contributed by atoms with E-state index >= 15 is 0 Å². The van der Waals surface area contributed by atoms with Crippen LogP contribution in [0.4, 0.5) is 0 Å². The largest absolute Gasteiger partial charge is 0.504 e. The van der Waals surface area contributed by atoms with Crippen LogP contribution in [0, 0.1) is 6.92 Å². The summed E-state index contributed by atoms with van der Waals surface area (Å²) in [6.07, 6.45) is 0. The topological polar surface area (TPSA) is 55.8 Å². The van der Waals surface area contributed by atoms with Crippen LogP contribution in [0.2, 0.25) is 0 Å². The average Bonchev–Trinajstić information content (AvgIpc) is 2.50. The van der Waals surface area contributed by atoms with Gasteiger partial charge in [-0.15, -0.1) is 0 Å². The van der Waals surface area contributed by atoms with Crippen molar-refractivity contribution in [1.29, 1.82) is 0 Å². The van der Waals surface area contributed by atoms with Crippen molar-refractivity contribution in [2.24, 2.45) is 0 Å². The molecule has 2 aromatic carbocycles. The zero-order chi connectivity index (χ0) is 15.2. The predicted molar refractivity (Wildman–Crippen MR) is 79.5 cm³/mol. The van der Waals surface area contributed by atoms with E-state index < -0.39 is 5.92 Å². The van der Waals surface area contributed by atoms with Crippen molar-refractivity contribution in [3.05, 3.63) is 59.7 Å². The molecule has 21 heavy (non-hydrogen) atoms. The third-order valence-electron chi connectivity index (χ3n) is 3.32. The van der Waals surface area contributed by atoms with Crippen LogP contribution in [0.5, 0.6) is 11.5 Å². The maximum Gasteiger partial charge on any atom is 0.316 e. The SMILES string of the molecule is COC(=O)C(COc1ccccc1O)c1ccccc1C. The van der Waals surface area contributed by atoms with E-state index in [1.807, 2.05) is 31.2 Å². The lowest BCUT2D eigenvalue weighted by atomic mass is 9.95. The number of phenolic OH excluding ortho intramolecular Hbond substituents is 1. The van der Waals surface area contributed by atoms with Gasteiger partial charge in [-0.1, -0.05) is 36.4 Å². The van der Waals surface area contributed by atoms with Crippen LogP contribution in [-0.4, -0.2) is 24.8 Å². The summed E-state index contributed by atoms with van der Waals surface area (Å²) in [5.41, 5.74) is 1.86. The van der Waals surface area contributed by atoms with Crippen molar-refractivity contribution in [2.45, 2.75) is 12.8 Å². The first-order valence-electron chi connectivity index (χ1n) is 6.67. The number of carbonyl (C=O) groups is 1. The normalized spacial score (nSPS) is 11.7. The smallest absolute Gasteiger partial charge is 0.316 e. The lowest BCUT2D eigenvalue weighted by Gasteiger charge is -2.18. The molecule has 0 bridgehead atoms. The van der Waals surface area contributed by atoms with Crippen LogP contribution in [-0.2, 0) is 9.53 Å². The van der Waals surface area contributed by atoms with Gasteiger partial charge in [-0.05, 0) is 30.2 Å². The molecular formula is C17H18O4. The van der Waals surface area contributed by atoms with Gasteiger partial charge in [0, 0.05) is 0 Å². The molecule has 4 nitrogen and oxygen atoms in total. The number of aryl methyl sites for hydroxylation is 1. The van der Waals surface area contributed by atoms with E-state index in [0.717, 1.165) is 11.1 Å². The fourth-order valence-electron chi connectivity index (χ4n) is 2.16. The average molecular weight is 286 g/mol. The second-order valence-corrected chi connectivity index (χ2v) is 4.71. The summed E-state index contributed by atoms with van der Waals surface area (Å²) in [5, 5.41) is 9.70. The first kappa shape index (κ1) is 14.9. The minimum Gasteiger partial charge on any atom is -0.504 e. The molecule has 1 atom stereocenters. The molecule has 0 spiro atoms. The zero-order valence-corrected chi connectivity index (χ0v) is 12.1. The molecule has 1 N–H and O–H groups in total. The molecule has 4 heteroatoms. The summed E-state index contributed by atoms with van der Waals surface area (Å²) in [6.45, 7) is 2.04. The van der Waals surface area contributed by atoms with E-state index in [1.54, 1.807) is 18.2 Å². The monoisotopic (exact) mass is 286 g/mol. The van der Waals surface area contributed by atoms with Crippen molar-refractivity contribution >= 4 is 5.97 Å². The molecule has 2 rings (SSSR count). The van der Waals surface area contributed by atoms with Gasteiger partial charge in [0.1, 0.15) is 12.5 Å². The number of rotatable bonds is 5. The lowest BCUT2D eigenvalue weighted by Crippen LogP contribution is -2.22. The number of benzene rings is 2. The Morgan fingerprint density at radius 2 is 1.81 bits per heavy atom. The van der Waals surface area contributed by atoms with Crippen molar-refractivity contribution in [3.8, 4) is 11.5 Å². The highest BCUT2D eigenvalue weighted by Crippen LogP contribution is 2.27. The lowest BCUT2D eigenvalue weighted by molar-refractivity contribution is -0.143. The summed E-state index contributed by atoms with van der Waals surface area (Å²) in [7, 11) is 1.35. The van der Waals surface area contributed by atoms with Crippen LogP contribution in [0.25, 0.3) is 0 Å². The summed E-state index contributed by atoms with van der Waals surface area (Å²) in [6, 6.07) is 14.3. The zero-order valence-electron chi connectivity index (χ0n) is 12.1. The van der Waals surface area contributed by atoms with Crippen LogP contribution in [0.15, 0.2) is 48.5 Å². The molecule has 0 saturated heterocycles. The van der Waals surface area contributed by atoms with Gasteiger partial charge < -0.3 is 14.6 Å². The minimum absolute atomic E-state index is 0.0471. The number of esters is 1. The van der Waals surface area contributed by atoms with Crippen molar-refractivity contribution < 1.29 is 19.4 Å². The molecule has 2 aromatic rings. The molecule has 0 amide bonds. The third-order valence-corrected chi connectivity index (χ3v) is 3.32. The Kier molecular flexibility index (Phi) is 4.82. The number of methoxy groups -OCH3 is 1. The second kappa shape index (κ2) is 6.79. The molecular weight excluding hydrogens is 268 g/mol. The Morgan fingerprint density at radius 3 is 2.48 bits per heavy atom. The van der Waals surface area contributed by atoms with Gasteiger partial charge in [-0.3, -0.25) is 4.79 Å². The quantitative estimate of drug-likeness (QED) is 0.858. The molecule has 0 aliphatic heterocycles. The molecule has 0 aliphatic rings. The molecule has 0 fully saturated rings. The van der Waals surface area contributed by atoms with Crippen LogP contribution < -0.4 is 4.74 Å². The highest BCUT2D eigenvalue weighted by molar-refractivity contribution is 5.78. The Hall–Kier alpha value is -2.49. The number of phenols is 1. The molecule has 0 saturated carbocycles. The van der Waals surface area contributed by atoms with Gasteiger partial charge in [0.25, 0.3) is 0 Å². The first-order valence-corrected chi connectivity index (χ1v) is 6.67. The molecule has 0 aromatic heterocycles. The molecule has 0 aliphatic carbocycles. The van der Waals surface area contributed by atoms with E-state index in [-0.39, 0.29) is 18.3 Å². The van der Waals surface area contributed by atoms with Crippen molar-refractivity contribution in [3.63, 3.8) is 0 Å². The Labute approximate surface area is 123 Å². The van der Waals surface area contributed by atoms with Gasteiger partial charge in [-0.25, -0.2) is 0 Å². The van der Waals surface area contributed by atoms with E-state index in [4.69, 9.17) is 9.47 Å². The predicted octanol–water partition coefficient (Wildman–Crippen LogP) is 3.04. The van der Waals surface area contributed by atoms with Gasteiger partial charge in [0.15, 0.2) is 11.5 Å². The number of hydrogen-bond donors (Lipinski definition) is 1. The first-order chi connectivity index (χ1) is 10.1. The Balaban J connectivity index is 2.21. The van der Waals surface area contributed by atoms with E-state index in [1.165, 1.54) is 13.2 Å². The van der Waals surface area contributed by atoms with Gasteiger partial charge in [-0.2, -0.15) is 0 Å². The van der Waals surface area contributed by atoms with Crippen LogP contribution in [0.1, 0.15) is 17.0 Å². The molecule has 110 valence electrons. The number of para-hydroxylation sites is 2. The highest BCUT2D eigenvalue weighted by atomic mass is 16.5. The highest BCUT2D eigenvalue weighted by Gasteiger charge is 2.24. The minimum atomic E-state index is -0.532. The van der Waals surface area contributed by atoms with Crippen LogP contribution >= 0.6 is 0 Å². The standard InChI is InChI=1S/C17H18O4/c1-12-7-3-4-8-13(12)14(17(19)20-2)11-21-16-10-6-5-9-15(16)18/h3-10,14,18H,11H2,1-2H3. The number of hydrogen-bond acceptors (Lipinski definition) is 4. The molecule has 0 heterocycles. The summed E-state index contributed by atoms with van der Waals surface area (Å²) in [5.74, 6) is -0.499. The second-order valence-electron chi connectivity index (χ2n) is 4.71. The third kappa shape index (κ3) is 3.54.